The highest BCUT2D eigenvalue weighted by atomic mass is 16.2. The van der Waals surface area contributed by atoms with Crippen molar-refractivity contribution in [1.82, 2.24) is 14.8 Å². The summed E-state index contributed by atoms with van der Waals surface area (Å²) >= 11 is 0. The van der Waals surface area contributed by atoms with Gasteiger partial charge in [0.15, 0.2) is 0 Å². The molecule has 3 aromatic rings. The first-order chi connectivity index (χ1) is 17.9. The van der Waals surface area contributed by atoms with Crippen LogP contribution in [0.1, 0.15) is 61.0 Å². The molecular formula is C30H32N4O3. The van der Waals surface area contributed by atoms with Crippen LogP contribution in [0.15, 0.2) is 54.7 Å². The molecule has 1 saturated heterocycles. The van der Waals surface area contributed by atoms with Crippen LogP contribution in [0.5, 0.6) is 0 Å². The van der Waals surface area contributed by atoms with E-state index in [-0.39, 0.29) is 24.1 Å². The zero-order valence-electron chi connectivity index (χ0n) is 21.4. The number of nitrogens with zero attached hydrogens (tertiary/aromatic N) is 3. The van der Waals surface area contributed by atoms with E-state index >= 15 is 0 Å². The number of aryl methyl sites for hydroxylation is 1. The molecule has 3 amide bonds. The molecule has 1 fully saturated rings. The third-order valence-corrected chi connectivity index (χ3v) is 8.39. The molecule has 7 heteroatoms. The van der Waals surface area contributed by atoms with Gasteiger partial charge in [-0.2, -0.15) is 0 Å². The van der Waals surface area contributed by atoms with Crippen LogP contribution in [-0.2, 0) is 16.0 Å². The van der Waals surface area contributed by atoms with Gasteiger partial charge in [0.2, 0.25) is 11.8 Å². The number of aromatic nitrogens is 1. The van der Waals surface area contributed by atoms with E-state index in [1.807, 2.05) is 30.0 Å². The van der Waals surface area contributed by atoms with Gasteiger partial charge in [-0.15, -0.1) is 0 Å². The van der Waals surface area contributed by atoms with Crippen molar-refractivity contribution >= 4 is 39.9 Å². The van der Waals surface area contributed by atoms with Crippen LogP contribution in [-0.4, -0.2) is 57.8 Å². The van der Waals surface area contributed by atoms with Gasteiger partial charge in [-0.3, -0.25) is 19.3 Å². The number of hydrogen-bond donors (Lipinski definition) is 1. The molecule has 0 saturated carbocycles. The number of carbonyl (C=O) groups is 3. The summed E-state index contributed by atoms with van der Waals surface area (Å²) in [5, 5.41) is 1.23. The normalized spacial score (nSPS) is 21.4. The van der Waals surface area contributed by atoms with Crippen LogP contribution >= 0.6 is 0 Å². The van der Waals surface area contributed by atoms with Gasteiger partial charge in [-0.05, 0) is 49.5 Å². The third kappa shape index (κ3) is 3.67. The Labute approximate surface area is 216 Å². The molecule has 1 unspecified atom stereocenters. The Balaban J connectivity index is 1.16. The minimum absolute atomic E-state index is 0.0239. The Bertz CT molecular complexity index is 1450. The minimum atomic E-state index is -0.732. The van der Waals surface area contributed by atoms with Gasteiger partial charge in [0.05, 0.1) is 11.3 Å². The first-order valence-corrected chi connectivity index (χ1v) is 13.2. The zero-order valence-corrected chi connectivity index (χ0v) is 21.4. The lowest BCUT2D eigenvalue weighted by Crippen LogP contribution is -2.62. The van der Waals surface area contributed by atoms with Crippen molar-refractivity contribution in [2.75, 3.05) is 24.5 Å². The van der Waals surface area contributed by atoms with E-state index in [1.54, 1.807) is 15.9 Å². The predicted octanol–water partition coefficient (Wildman–Crippen LogP) is 4.74. The molecule has 0 radical (unpaired) electrons. The Morgan fingerprint density at radius 3 is 2.68 bits per heavy atom. The standard InChI is InChI=1S/C30H32N4O3/c1-3-20-7-6-9-22-24(19-31-28(20)22)21-12-16-32(17-13-21)26(35)14-18-33-29(37)23-8-4-5-10-25(23)34-27(36)11-15-30(33,34)2/h4-10,12,19,31H,3,11,13-18H2,1-2H3. The Morgan fingerprint density at radius 1 is 1.05 bits per heavy atom. The summed E-state index contributed by atoms with van der Waals surface area (Å²) in [7, 11) is 0. The zero-order chi connectivity index (χ0) is 25.7. The number of nitrogens with one attached hydrogen (secondary N) is 1. The lowest BCUT2D eigenvalue weighted by Gasteiger charge is -2.48. The predicted molar refractivity (Wildman–Crippen MR) is 144 cm³/mol. The van der Waals surface area contributed by atoms with Crippen LogP contribution in [0.3, 0.4) is 0 Å². The second-order valence-electron chi connectivity index (χ2n) is 10.4. The largest absolute Gasteiger partial charge is 0.360 e. The highest BCUT2D eigenvalue weighted by Gasteiger charge is 2.52. The summed E-state index contributed by atoms with van der Waals surface area (Å²) in [6.07, 6.45) is 7.23. The molecule has 1 aromatic heterocycles. The molecule has 7 nitrogen and oxygen atoms in total. The average molecular weight is 497 g/mol. The summed E-state index contributed by atoms with van der Waals surface area (Å²) in [5.41, 5.74) is 5.45. The molecular weight excluding hydrogens is 464 g/mol. The fourth-order valence-electron chi connectivity index (χ4n) is 6.32. The highest BCUT2D eigenvalue weighted by molar-refractivity contribution is 6.10. The maximum atomic E-state index is 13.4. The van der Waals surface area contributed by atoms with Crippen molar-refractivity contribution in [3.63, 3.8) is 0 Å². The molecule has 1 N–H and O–H groups in total. The number of para-hydroxylation sites is 2. The summed E-state index contributed by atoms with van der Waals surface area (Å²) < 4.78 is 0. The van der Waals surface area contributed by atoms with E-state index in [2.05, 4.69) is 42.4 Å². The Morgan fingerprint density at radius 2 is 1.89 bits per heavy atom. The van der Waals surface area contributed by atoms with Gasteiger partial charge in [0, 0.05) is 55.1 Å². The molecule has 4 heterocycles. The van der Waals surface area contributed by atoms with Crippen molar-refractivity contribution in [1.29, 1.82) is 0 Å². The first-order valence-electron chi connectivity index (χ1n) is 13.2. The third-order valence-electron chi connectivity index (χ3n) is 8.39. The lowest BCUT2D eigenvalue weighted by atomic mass is 9.97. The van der Waals surface area contributed by atoms with Gasteiger partial charge in [-0.25, -0.2) is 0 Å². The van der Waals surface area contributed by atoms with Crippen molar-refractivity contribution in [3.05, 3.63) is 71.4 Å². The molecule has 1 atom stereocenters. The molecule has 3 aliphatic heterocycles. The van der Waals surface area contributed by atoms with Crippen LogP contribution in [0, 0.1) is 0 Å². The molecule has 0 bridgehead atoms. The van der Waals surface area contributed by atoms with Crippen LogP contribution < -0.4 is 4.90 Å². The van der Waals surface area contributed by atoms with Crippen molar-refractivity contribution in [2.24, 2.45) is 0 Å². The van der Waals surface area contributed by atoms with Crippen LogP contribution in [0.4, 0.5) is 5.69 Å². The second-order valence-corrected chi connectivity index (χ2v) is 10.4. The van der Waals surface area contributed by atoms with Crippen LogP contribution in [0.25, 0.3) is 16.5 Å². The Hall–Kier alpha value is -3.87. The summed E-state index contributed by atoms with van der Waals surface area (Å²) in [5.74, 6) is -0.0482. The molecule has 2 aromatic carbocycles. The number of rotatable bonds is 5. The van der Waals surface area contributed by atoms with E-state index in [0.717, 1.165) is 12.8 Å². The molecule has 0 aliphatic carbocycles. The van der Waals surface area contributed by atoms with Crippen molar-refractivity contribution in [3.8, 4) is 0 Å². The van der Waals surface area contributed by atoms with Gasteiger partial charge in [0.25, 0.3) is 5.91 Å². The van der Waals surface area contributed by atoms with E-state index in [0.29, 0.717) is 43.7 Å². The molecule has 3 aliphatic rings. The van der Waals surface area contributed by atoms with E-state index in [9.17, 15) is 14.4 Å². The molecule has 0 spiro atoms. The maximum absolute atomic E-state index is 13.4. The lowest BCUT2D eigenvalue weighted by molar-refractivity contribution is -0.131. The van der Waals surface area contributed by atoms with Gasteiger partial charge in [-0.1, -0.05) is 43.3 Å². The number of carbonyl (C=O) groups excluding carboxylic acids is 3. The number of benzene rings is 2. The van der Waals surface area contributed by atoms with Crippen molar-refractivity contribution < 1.29 is 14.4 Å². The molecule has 6 rings (SSSR count). The number of amides is 3. The highest BCUT2D eigenvalue weighted by Crippen LogP contribution is 2.44. The monoisotopic (exact) mass is 496 g/mol. The number of anilines is 1. The maximum Gasteiger partial charge on any atom is 0.257 e. The number of hydrogen-bond acceptors (Lipinski definition) is 3. The summed E-state index contributed by atoms with van der Waals surface area (Å²) in [6, 6.07) is 13.7. The number of aromatic amines is 1. The van der Waals surface area contributed by atoms with Gasteiger partial charge < -0.3 is 14.8 Å². The van der Waals surface area contributed by atoms with E-state index in [1.165, 1.54) is 27.6 Å². The first kappa shape index (κ1) is 23.5. The average Bonchev–Trinajstić information content (AvgIpc) is 3.49. The fraction of sp³-hybridized carbons (Fsp3) is 0.367. The SMILES string of the molecule is CCc1cccc2c(C3=CCN(C(=O)CCN4C(=O)c5ccccc5N5C(=O)CCC45C)CC3)c[nH]c12. The quantitative estimate of drug-likeness (QED) is 0.555. The Kier molecular flexibility index (Phi) is 5.66. The topological polar surface area (TPSA) is 76.7 Å². The van der Waals surface area contributed by atoms with E-state index in [4.69, 9.17) is 0 Å². The fourth-order valence-corrected chi connectivity index (χ4v) is 6.32. The smallest absolute Gasteiger partial charge is 0.257 e. The summed E-state index contributed by atoms with van der Waals surface area (Å²) in [4.78, 5) is 48.2. The van der Waals surface area contributed by atoms with Crippen molar-refractivity contribution in [2.45, 2.75) is 51.6 Å². The number of fused-ring (bicyclic) bond motifs is 4. The van der Waals surface area contributed by atoms with E-state index < -0.39 is 5.66 Å². The van der Waals surface area contributed by atoms with Crippen LogP contribution in [0.2, 0.25) is 0 Å². The van der Waals surface area contributed by atoms with Gasteiger partial charge in [0.1, 0.15) is 5.66 Å². The number of H-pyrrole nitrogens is 1. The summed E-state index contributed by atoms with van der Waals surface area (Å²) in [6.45, 7) is 5.62. The second kappa shape index (κ2) is 8.91. The minimum Gasteiger partial charge on any atom is -0.360 e. The molecule has 190 valence electrons. The van der Waals surface area contributed by atoms with Gasteiger partial charge >= 0.3 is 0 Å². The molecule has 37 heavy (non-hydrogen) atoms.